The summed E-state index contributed by atoms with van der Waals surface area (Å²) in [6.45, 7) is -1.57. The first-order valence-corrected chi connectivity index (χ1v) is 8.49. The number of imide groups is 1. The van der Waals surface area contributed by atoms with Crippen molar-refractivity contribution >= 4 is 29.8 Å². The van der Waals surface area contributed by atoms with Crippen molar-refractivity contribution < 1.29 is 43.7 Å². The zero-order valence-corrected chi connectivity index (χ0v) is 15.4. The quantitative estimate of drug-likeness (QED) is 0.214. The molecule has 164 valence electrons. The molecule has 2 atom stereocenters. The Morgan fingerprint density at radius 2 is 1.45 bits per heavy atom. The largest absolute Gasteiger partial charge is 0.394 e. The molecule has 1 fully saturated rings. The van der Waals surface area contributed by atoms with Crippen LogP contribution in [0.2, 0.25) is 0 Å². The number of hydrogen-bond acceptors (Lipinski definition) is 9. The number of aliphatic hydroxyl groups is 2. The Kier molecular flexibility index (Phi) is 10.9. The average molecular weight is 420 g/mol. The number of urea groups is 2. The third-order valence-corrected chi connectivity index (χ3v) is 3.32. The lowest BCUT2D eigenvalue weighted by Crippen LogP contribution is -2.58. The lowest BCUT2D eigenvalue weighted by atomic mass is 10.3. The highest BCUT2D eigenvalue weighted by Gasteiger charge is 2.22. The van der Waals surface area contributed by atoms with Crippen LogP contribution < -0.4 is 32.1 Å². The highest BCUT2D eigenvalue weighted by Crippen LogP contribution is 1.87. The van der Waals surface area contributed by atoms with Crippen molar-refractivity contribution in [1.82, 2.24) is 32.1 Å². The minimum atomic E-state index is -1.38. The Bertz CT molecular complexity index is 602. The average Bonchev–Trinajstić information content (AvgIpc) is 2.69. The fraction of sp³-hybridized carbons (Fsp3) is 0.643. The second kappa shape index (κ2) is 13.2. The van der Waals surface area contributed by atoms with Crippen LogP contribution in [-0.4, -0.2) is 98.3 Å². The van der Waals surface area contributed by atoms with E-state index in [1.54, 1.807) is 5.32 Å². The molecular weight excluding hydrogens is 396 g/mol. The van der Waals surface area contributed by atoms with Crippen LogP contribution >= 0.6 is 0 Å². The van der Waals surface area contributed by atoms with Gasteiger partial charge in [0.25, 0.3) is 5.91 Å². The van der Waals surface area contributed by atoms with Crippen LogP contribution in [0.3, 0.4) is 0 Å². The third-order valence-electron chi connectivity index (χ3n) is 3.32. The number of aliphatic hydroxyl groups excluding tert-OH is 2. The molecule has 1 heterocycles. The number of hydrogen-bond donors (Lipinski definition) is 8. The summed E-state index contributed by atoms with van der Waals surface area (Å²) < 4.78 is 10.2. The van der Waals surface area contributed by atoms with Crippen molar-refractivity contribution in [3.8, 4) is 0 Å². The first-order valence-electron chi connectivity index (χ1n) is 8.49. The van der Waals surface area contributed by atoms with E-state index in [1.807, 2.05) is 10.9 Å². The molecule has 8 N–H and O–H groups in total. The van der Waals surface area contributed by atoms with Crippen molar-refractivity contribution in [2.75, 3.05) is 46.2 Å². The van der Waals surface area contributed by atoms with E-state index in [1.165, 1.54) is 0 Å². The molecule has 1 saturated heterocycles. The summed E-state index contributed by atoms with van der Waals surface area (Å²) in [6, 6.07) is -5.02. The fourth-order valence-corrected chi connectivity index (χ4v) is 1.91. The molecule has 0 radical (unpaired) electrons. The van der Waals surface area contributed by atoms with Gasteiger partial charge in [0.2, 0.25) is 11.8 Å². The van der Waals surface area contributed by atoms with Gasteiger partial charge < -0.3 is 35.6 Å². The van der Waals surface area contributed by atoms with Crippen molar-refractivity contribution in [2.45, 2.75) is 12.1 Å². The molecule has 29 heavy (non-hydrogen) atoms. The Balaban J connectivity index is 2.71. The van der Waals surface area contributed by atoms with Gasteiger partial charge in [0.05, 0.1) is 33.0 Å². The van der Waals surface area contributed by atoms with Crippen molar-refractivity contribution in [1.29, 1.82) is 0 Å². The molecule has 0 aromatic carbocycles. The lowest BCUT2D eigenvalue weighted by Gasteiger charge is -2.18. The minimum absolute atomic E-state index is 0.0500. The van der Waals surface area contributed by atoms with E-state index in [-0.39, 0.29) is 26.4 Å². The van der Waals surface area contributed by atoms with Crippen molar-refractivity contribution in [3.05, 3.63) is 0 Å². The second-order valence-corrected chi connectivity index (χ2v) is 5.54. The molecule has 1 aliphatic rings. The Morgan fingerprint density at radius 1 is 0.793 bits per heavy atom. The summed E-state index contributed by atoms with van der Waals surface area (Å²) in [5, 5.41) is 26.8. The maximum Gasteiger partial charge on any atom is 0.341 e. The van der Waals surface area contributed by atoms with Crippen molar-refractivity contribution in [3.63, 3.8) is 0 Å². The number of ether oxygens (including phenoxy) is 2. The maximum absolute atomic E-state index is 11.9. The predicted octanol–water partition coefficient (Wildman–Crippen LogP) is -4.97. The predicted molar refractivity (Wildman–Crippen MR) is 92.9 cm³/mol. The normalized spacial score (nSPS) is 24.1. The van der Waals surface area contributed by atoms with Gasteiger partial charge in [-0.15, -0.1) is 0 Å². The highest BCUT2D eigenvalue weighted by atomic mass is 16.5. The highest BCUT2D eigenvalue weighted by molar-refractivity contribution is 5.97. The number of amides is 7. The third kappa shape index (κ3) is 9.65. The Hall–Kier alpha value is -3.01. The summed E-state index contributed by atoms with van der Waals surface area (Å²) in [5.74, 6) is -2.38. The van der Waals surface area contributed by atoms with Gasteiger partial charge in [-0.25, -0.2) is 15.0 Å². The molecule has 15 nitrogen and oxygen atoms in total. The topological polar surface area (TPSA) is 216 Å². The summed E-state index contributed by atoms with van der Waals surface area (Å²) in [6.07, 6.45) is 0. The minimum Gasteiger partial charge on any atom is -0.394 e. The van der Waals surface area contributed by atoms with E-state index >= 15 is 0 Å². The fourth-order valence-electron chi connectivity index (χ4n) is 1.91. The van der Waals surface area contributed by atoms with Crippen molar-refractivity contribution in [2.24, 2.45) is 0 Å². The van der Waals surface area contributed by atoms with Gasteiger partial charge in [0.1, 0.15) is 18.7 Å². The molecule has 0 spiro atoms. The van der Waals surface area contributed by atoms with Gasteiger partial charge in [0, 0.05) is 6.54 Å². The molecule has 0 aliphatic carbocycles. The van der Waals surface area contributed by atoms with Crippen LogP contribution in [0.25, 0.3) is 0 Å². The van der Waals surface area contributed by atoms with Gasteiger partial charge in [-0.3, -0.25) is 25.1 Å². The lowest BCUT2D eigenvalue weighted by molar-refractivity contribution is -0.133. The number of rotatable bonds is 2. The van der Waals surface area contributed by atoms with E-state index in [9.17, 15) is 34.2 Å². The van der Waals surface area contributed by atoms with E-state index in [0.29, 0.717) is 0 Å². The van der Waals surface area contributed by atoms with Gasteiger partial charge >= 0.3 is 12.1 Å². The molecule has 0 bridgehead atoms. The van der Waals surface area contributed by atoms with Gasteiger partial charge in [-0.05, 0) is 0 Å². The number of carbonyl (C=O) groups is 5. The van der Waals surface area contributed by atoms with Crippen LogP contribution in [0, 0.1) is 0 Å². The van der Waals surface area contributed by atoms with Crippen LogP contribution in [0.15, 0.2) is 0 Å². The Morgan fingerprint density at radius 3 is 2.14 bits per heavy atom. The van der Waals surface area contributed by atoms with Gasteiger partial charge in [-0.1, -0.05) is 0 Å². The molecule has 7 amide bonds. The molecule has 0 aromatic heterocycles. The van der Waals surface area contributed by atoms with Gasteiger partial charge in [-0.2, -0.15) is 0 Å². The summed E-state index contributed by atoms with van der Waals surface area (Å²) in [4.78, 5) is 58.7. The standard InChI is InChI=1S/C14H24N6O9/c21-5-8-11(24)15-1-2-28-3-4-29-7-10(23)16-9(6-22)12(25)19-20-14(27)18-13(26)17-8/h8-9,21-22H,1-7H2,(H,15,24)(H,16,23)(H,19,25)(H3,17,18,20,26,27)/t8-,9+/m1/s1. The van der Waals surface area contributed by atoms with E-state index in [4.69, 9.17) is 9.47 Å². The van der Waals surface area contributed by atoms with E-state index in [2.05, 4.69) is 16.0 Å². The summed E-state index contributed by atoms with van der Waals surface area (Å²) in [5.41, 5.74) is 3.71. The summed E-state index contributed by atoms with van der Waals surface area (Å²) in [7, 11) is 0. The molecule has 0 unspecified atom stereocenters. The zero-order valence-electron chi connectivity index (χ0n) is 15.4. The number of nitrogens with one attached hydrogen (secondary N) is 6. The monoisotopic (exact) mass is 420 g/mol. The van der Waals surface area contributed by atoms with Crippen LogP contribution in [0.1, 0.15) is 0 Å². The number of hydrazine groups is 1. The zero-order chi connectivity index (χ0) is 21.6. The molecule has 1 rings (SSSR count). The van der Waals surface area contributed by atoms with Gasteiger partial charge in [0.15, 0.2) is 0 Å². The molecule has 0 aromatic rings. The van der Waals surface area contributed by atoms with E-state index < -0.39 is 61.7 Å². The van der Waals surface area contributed by atoms with Crippen LogP contribution in [0.5, 0.6) is 0 Å². The number of carbonyl (C=O) groups excluding carboxylic acids is 5. The van der Waals surface area contributed by atoms with Crippen LogP contribution in [-0.2, 0) is 23.9 Å². The maximum atomic E-state index is 11.9. The molecular formula is C14H24N6O9. The smallest absolute Gasteiger partial charge is 0.341 e. The molecule has 15 heteroatoms. The first kappa shape index (κ1) is 24.0. The Labute approximate surface area is 164 Å². The van der Waals surface area contributed by atoms with Crippen LogP contribution in [0.4, 0.5) is 9.59 Å². The second-order valence-electron chi connectivity index (χ2n) is 5.54. The molecule has 0 saturated carbocycles. The SMILES string of the molecule is O=C1COCCOCCNC(=O)[C@@H](CO)NC(=O)NC(=O)NNC(=O)[C@H](CO)N1. The molecule has 1 aliphatic heterocycles. The van der Waals surface area contributed by atoms with E-state index in [0.717, 1.165) is 0 Å². The first-order chi connectivity index (χ1) is 13.9. The summed E-state index contributed by atoms with van der Waals surface area (Å²) >= 11 is 0.